The van der Waals surface area contributed by atoms with E-state index in [4.69, 9.17) is 9.82 Å². The van der Waals surface area contributed by atoms with Gasteiger partial charge in [-0.15, -0.1) is 22.7 Å². The van der Waals surface area contributed by atoms with Crippen LogP contribution in [0.1, 0.15) is 30.3 Å². The summed E-state index contributed by atoms with van der Waals surface area (Å²) in [5, 5.41) is 6.22. The van der Waals surface area contributed by atoms with Crippen LogP contribution in [0.5, 0.6) is 0 Å². The number of nitrogens with zero attached hydrogens (tertiary/aromatic N) is 4. The molecule has 5 nitrogen and oxygen atoms in total. The summed E-state index contributed by atoms with van der Waals surface area (Å²) in [4.78, 5) is 21.1. The minimum Gasteiger partial charge on any atom is -0.396 e. The van der Waals surface area contributed by atoms with E-state index in [9.17, 15) is 0 Å². The highest BCUT2D eigenvalue weighted by Crippen LogP contribution is 2.37. The van der Waals surface area contributed by atoms with E-state index in [2.05, 4.69) is 15.1 Å². The lowest BCUT2D eigenvalue weighted by Gasteiger charge is -2.10. The first kappa shape index (κ1) is 15.4. The summed E-state index contributed by atoms with van der Waals surface area (Å²) >= 11 is 3.39. The molecule has 0 spiro atoms. The molecular weight excluding hydrogens is 340 g/mol. The van der Waals surface area contributed by atoms with Crippen molar-refractivity contribution in [2.45, 2.75) is 26.2 Å². The van der Waals surface area contributed by atoms with Crippen molar-refractivity contribution in [2.24, 2.45) is 5.16 Å². The number of fused-ring (bicyclic) bond motifs is 1. The average molecular weight is 356 g/mol. The number of oxime groups is 1. The maximum Gasteiger partial charge on any atom is 0.136 e. The van der Waals surface area contributed by atoms with Gasteiger partial charge >= 0.3 is 0 Å². The minimum atomic E-state index is 0.582. The van der Waals surface area contributed by atoms with Crippen molar-refractivity contribution in [2.75, 3.05) is 6.61 Å². The van der Waals surface area contributed by atoms with Crippen LogP contribution < -0.4 is 0 Å². The summed E-state index contributed by atoms with van der Waals surface area (Å²) in [5.41, 5.74) is 3.01. The Balaban J connectivity index is 1.67. The topological polar surface area (TPSA) is 60.3 Å². The van der Waals surface area contributed by atoms with Crippen LogP contribution in [0.2, 0.25) is 0 Å². The summed E-state index contributed by atoms with van der Waals surface area (Å²) in [6, 6.07) is 3.95. The highest BCUT2D eigenvalue weighted by molar-refractivity contribution is 7.23. The maximum atomic E-state index is 5.24. The monoisotopic (exact) mass is 356 g/mol. The van der Waals surface area contributed by atoms with Crippen molar-refractivity contribution in [1.29, 1.82) is 0 Å². The molecule has 3 aromatic rings. The van der Waals surface area contributed by atoms with E-state index in [0.29, 0.717) is 6.61 Å². The van der Waals surface area contributed by atoms with Crippen LogP contribution in [0, 0.1) is 0 Å². The first-order valence-electron chi connectivity index (χ1n) is 7.90. The van der Waals surface area contributed by atoms with Crippen LogP contribution >= 0.6 is 22.7 Å². The summed E-state index contributed by atoms with van der Waals surface area (Å²) in [6.45, 7) is 2.52. The van der Waals surface area contributed by atoms with Gasteiger partial charge in [0.15, 0.2) is 0 Å². The first-order chi connectivity index (χ1) is 11.8. The van der Waals surface area contributed by atoms with E-state index in [0.717, 1.165) is 51.1 Å². The van der Waals surface area contributed by atoms with E-state index in [1.165, 1.54) is 4.88 Å². The van der Waals surface area contributed by atoms with Gasteiger partial charge in [-0.3, -0.25) is 4.98 Å². The number of aryl methyl sites for hydroxylation is 1. The third-order valence-electron chi connectivity index (χ3n) is 3.72. The lowest BCUT2D eigenvalue weighted by atomic mass is 10.0. The van der Waals surface area contributed by atoms with Crippen molar-refractivity contribution in [3.05, 3.63) is 41.3 Å². The molecule has 3 aromatic heterocycles. The third kappa shape index (κ3) is 2.97. The van der Waals surface area contributed by atoms with Crippen molar-refractivity contribution in [3.63, 3.8) is 0 Å². The fourth-order valence-electron chi connectivity index (χ4n) is 2.61. The highest BCUT2D eigenvalue weighted by atomic mass is 32.1. The van der Waals surface area contributed by atoms with E-state index in [1.54, 1.807) is 28.9 Å². The molecule has 0 fully saturated rings. The SMILES string of the molecule is CCON=C1CCCc2sc(-c3cnc(-c4cccnc4)s3)nc21. The molecule has 24 heavy (non-hydrogen) atoms. The van der Waals surface area contributed by atoms with Crippen molar-refractivity contribution < 1.29 is 4.84 Å². The Labute approximate surface area is 148 Å². The van der Waals surface area contributed by atoms with Crippen LogP contribution in [0.4, 0.5) is 0 Å². The number of hydrogen-bond acceptors (Lipinski definition) is 7. The third-order valence-corrected chi connectivity index (χ3v) is 6.05. The Hall–Kier alpha value is -2.12. The zero-order chi connectivity index (χ0) is 16.4. The smallest absolute Gasteiger partial charge is 0.136 e. The van der Waals surface area contributed by atoms with Crippen molar-refractivity contribution >= 4 is 28.4 Å². The van der Waals surface area contributed by atoms with Crippen LogP contribution in [-0.4, -0.2) is 27.3 Å². The lowest BCUT2D eigenvalue weighted by Crippen LogP contribution is -2.11. The number of pyridine rings is 1. The molecule has 1 aliphatic carbocycles. The fraction of sp³-hybridized carbons (Fsp3) is 0.294. The summed E-state index contributed by atoms with van der Waals surface area (Å²) in [6.07, 6.45) is 8.60. The molecule has 3 heterocycles. The van der Waals surface area contributed by atoms with Gasteiger partial charge in [0, 0.05) is 29.0 Å². The minimum absolute atomic E-state index is 0.582. The molecule has 0 N–H and O–H groups in total. The van der Waals surface area contributed by atoms with E-state index >= 15 is 0 Å². The van der Waals surface area contributed by atoms with Gasteiger partial charge in [0.25, 0.3) is 0 Å². The summed E-state index contributed by atoms with van der Waals surface area (Å²) < 4.78 is 0. The molecule has 0 unspecified atom stereocenters. The van der Waals surface area contributed by atoms with Gasteiger partial charge < -0.3 is 4.84 Å². The average Bonchev–Trinajstić information content (AvgIpc) is 3.27. The zero-order valence-corrected chi connectivity index (χ0v) is 14.9. The van der Waals surface area contributed by atoms with Crippen LogP contribution in [0.25, 0.3) is 20.5 Å². The van der Waals surface area contributed by atoms with Gasteiger partial charge in [0.1, 0.15) is 28.0 Å². The number of hydrogen-bond donors (Lipinski definition) is 0. The van der Waals surface area contributed by atoms with Crippen molar-refractivity contribution in [3.8, 4) is 20.5 Å². The van der Waals surface area contributed by atoms with Crippen LogP contribution in [-0.2, 0) is 11.3 Å². The summed E-state index contributed by atoms with van der Waals surface area (Å²) in [5.74, 6) is 0. The molecule has 0 aromatic carbocycles. The quantitative estimate of drug-likeness (QED) is 0.650. The highest BCUT2D eigenvalue weighted by Gasteiger charge is 2.23. The van der Waals surface area contributed by atoms with Gasteiger partial charge in [-0.1, -0.05) is 5.16 Å². The predicted octanol–water partition coefficient (Wildman–Crippen LogP) is 4.41. The Morgan fingerprint density at radius 3 is 3.00 bits per heavy atom. The van der Waals surface area contributed by atoms with Crippen LogP contribution in [0.3, 0.4) is 0 Å². The molecule has 0 bridgehead atoms. The Kier molecular flexibility index (Phi) is 4.36. The molecule has 1 aliphatic rings. The summed E-state index contributed by atoms with van der Waals surface area (Å²) in [7, 11) is 0. The Morgan fingerprint density at radius 2 is 2.17 bits per heavy atom. The molecule has 0 aliphatic heterocycles. The molecule has 0 atom stereocenters. The molecular formula is C17H16N4OS2. The van der Waals surface area contributed by atoms with Gasteiger partial charge in [-0.05, 0) is 38.3 Å². The largest absolute Gasteiger partial charge is 0.396 e. The molecule has 7 heteroatoms. The molecule has 4 rings (SSSR count). The normalized spacial score (nSPS) is 15.5. The maximum absolute atomic E-state index is 5.24. The van der Waals surface area contributed by atoms with E-state index < -0.39 is 0 Å². The molecule has 0 amide bonds. The van der Waals surface area contributed by atoms with Crippen LogP contribution in [0.15, 0.2) is 35.9 Å². The van der Waals surface area contributed by atoms with E-state index in [-0.39, 0.29) is 0 Å². The zero-order valence-electron chi connectivity index (χ0n) is 13.2. The van der Waals surface area contributed by atoms with Gasteiger partial charge in [-0.25, -0.2) is 9.97 Å². The Bertz CT molecular complexity index is 870. The lowest BCUT2D eigenvalue weighted by molar-refractivity contribution is 0.158. The second kappa shape index (κ2) is 6.78. The number of thiazole rings is 2. The second-order valence-electron chi connectivity index (χ2n) is 5.37. The Morgan fingerprint density at radius 1 is 1.21 bits per heavy atom. The van der Waals surface area contributed by atoms with Gasteiger partial charge in [0.05, 0.1) is 4.88 Å². The molecule has 0 radical (unpaired) electrons. The van der Waals surface area contributed by atoms with Gasteiger partial charge in [-0.2, -0.15) is 0 Å². The van der Waals surface area contributed by atoms with Gasteiger partial charge in [0.2, 0.25) is 0 Å². The first-order valence-corrected chi connectivity index (χ1v) is 9.54. The van der Waals surface area contributed by atoms with E-state index in [1.807, 2.05) is 31.5 Å². The fourth-order valence-corrected chi connectivity index (χ4v) is 4.68. The molecule has 0 saturated heterocycles. The second-order valence-corrected chi connectivity index (χ2v) is 7.49. The number of rotatable bonds is 4. The van der Waals surface area contributed by atoms with Crippen molar-refractivity contribution in [1.82, 2.24) is 15.0 Å². The number of aromatic nitrogens is 3. The molecule has 122 valence electrons. The standard InChI is InChI=1S/C17H16N4OS2/c1-2-22-21-12-6-3-7-13-15(12)20-17(23-13)14-10-19-16(24-14)11-5-4-8-18-9-11/h4-5,8-10H,2-3,6-7H2,1H3. The predicted molar refractivity (Wildman–Crippen MR) is 97.6 cm³/mol. The molecule has 0 saturated carbocycles.